The summed E-state index contributed by atoms with van der Waals surface area (Å²) in [6, 6.07) is 17.5. The van der Waals surface area contributed by atoms with E-state index in [9.17, 15) is 4.79 Å². The average molecular weight is 267 g/mol. The fourth-order valence-corrected chi connectivity index (χ4v) is 3.13. The summed E-state index contributed by atoms with van der Waals surface area (Å²) < 4.78 is 0. The fraction of sp³-hybridized carbons (Fsp3) is 0.0625. The van der Waals surface area contributed by atoms with Crippen LogP contribution in [0.1, 0.15) is 10.4 Å². The number of hydrogen-bond donors (Lipinski definition) is 0. The van der Waals surface area contributed by atoms with Crippen molar-refractivity contribution in [3.8, 4) is 0 Å². The highest BCUT2D eigenvalue weighted by Gasteiger charge is 2.22. The zero-order valence-electron chi connectivity index (χ0n) is 10.5. The number of fused-ring (bicyclic) bond motifs is 1. The van der Waals surface area contributed by atoms with Crippen LogP contribution < -0.4 is 4.90 Å². The first-order valence-corrected chi connectivity index (χ1v) is 6.89. The molecule has 0 unspecified atom stereocenters. The van der Waals surface area contributed by atoms with Gasteiger partial charge in [0.25, 0.3) is 0 Å². The lowest BCUT2D eigenvalue weighted by atomic mass is 10.1. The van der Waals surface area contributed by atoms with E-state index in [1.54, 1.807) is 17.8 Å². The smallest absolute Gasteiger partial charge is 0.188 e. The van der Waals surface area contributed by atoms with Gasteiger partial charge in [-0.25, -0.2) is 0 Å². The lowest BCUT2D eigenvalue weighted by molar-refractivity contribution is 0.104. The van der Waals surface area contributed by atoms with Crippen molar-refractivity contribution in [1.82, 2.24) is 0 Å². The van der Waals surface area contributed by atoms with Gasteiger partial charge in [-0.15, -0.1) is 0 Å². The summed E-state index contributed by atoms with van der Waals surface area (Å²) in [5.41, 5.74) is 1.87. The third-order valence-electron chi connectivity index (χ3n) is 3.08. The van der Waals surface area contributed by atoms with Crippen molar-refractivity contribution in [1.29, 1.82) is 0 Å². The van der Waals surface area contributed by atoms with Crippen LogP contribution in [0.3, 0.4) is 0 Å². The van der Waals surface area contributed by atoms with E-state index in [4.69, 9.17) is 0 Å². The molecule has 19 heavy (non-hydrogen) atoms. The number of rotatable bonds is 2. The minimum atomic E-state index is 0.0442. The quantitative estimate of drug-likeness (QED) is 0.607. The normalized spacial score (nSPS) is 15.6. The van der Waals surface area contributed by atoms with Crippen molar-refractivity contribution in [3.63, 3.8) is 0 Å². The number of carbonyl (C=O) groups excluding carboxylic acids is 1. The number of carbonyl (C=O) groups is 1. The molecule has 0 atom stereocenters. The van der Waals surface area contributed by atoms with Crippen molar-refractivity contribution >= 4 is 23.2 Å². The number of para-hydroxylation sites is 1. The maximum Gasteiger partial charge on any atom is 0.188 e. The van der Waals surface area contributed by atoms with Gasteiger partial charge in [-0.2, -0.15) is 0 Å². The van der Waals surface area contributed by atoms with Crippen molar-refractivity contribution in [2.45, 2.75) is 4.90 Å². The molecule has 3 rings (SSSR count). The second-order valence-electron chi connectivity index (χ2n) is 4.34. The third-order valence-corrected chi connectivity index (χ3v) is 4.25. The molecule has 0 saturated heterocycles. The minimum absolute atomic E-state index is 0.0442. The zero-order chi connectivity index (χ0) is 13.2. The van der Waals surface area contributed by atoms with E-state index in [1.807, 2.05) is 49.5 Å². The monoisotopic (exact) mass is 267 g/mol. The summed E-state index contributed by atoms with van der Waals surface area (Å²) in [5, 5.41) is 0.968. The molecular formula is C16H13NOS. The van der Waals surface area contributed by atoms with Crippen LogP contribution in [0.2, 0.25) is 0 Å². The second kappa shape index (κ2) is 4.94. The standard InChI is InChI=1S/C16H13NOS/c1-17-13-9-5-6-10-15(13)19-16(17)11-14(18)12-7-3-2-4-8-12/h2-11H,1H3/b16-11+. The third kappa shape index (κ3) is 2.29. The van der Waals surface area contributed by atoms with Crippen LogP contribution in [0.15, 0.2) is 70.6 Å². The highest BCUT2D eigenvalue weighted by molar-refractivity contribution is 8.03. The molecule has 0 radical (unpaired) electrons. The Hall–Kier alpha value is -2.00. The van der Waals surface area contributed by atoms with Crippen LogP contribution in [-0.2, 0) is 0 Å². The first-order chi connectivity index (χ1) is 9.25. The molecule has 0 aliphatic carbocycles. The van der Waals surface area contributed by atoms with Gasteiger partial charge in [-0.1, -0.05) is 54.2 Å². The largest absolute Gasteiger partial charge is 0.338 e. The predicted octanol–water partition coefficient (Wildman–Crippen LogP) is 3.95. The van der Waals surface area contributed by atoms with E-state index >= 15 is 0 Å². The minimum Gasteiger partial charge on any atom is -0.338 e. The SMILES string of the molecule is CN1/C(=C\C(=O)c2ccccc2)Sc2ccccc21. The van der Waals surface area contributed by atoms with Gasteiger partial charge in [0.05, 0.1) is 10.7 Å². The van der Waals surface area contributed by atoms with Gasteiger partial charge >= 0.3 is 0 Å². The average Bonchev–Trinajstić information content (AvgIpc) is 2.77. The van der Waals surface area contributed by atoms with Gasteiger partial charge in [0.2, 0.25) is 0 Å². The second-order valence-corrected chi connectivity index (χ2v) is 5.40. The Morgan fingerprint density at radius 3 is 2.47 bits per heavy atom. The number of anilines is 1. The Balaban J connectivity index is 1.89. The van der Waals surface area contributed by atoms with Crippen molar-refractivity contribution in [2.75, 3.05) is 11.9 Å². The molecule has 0 bridgehead atoms. The molecule has 0 amide bonds. The number of hydrogen-bond acceptors (Lipinski definition) is 3. The first-order valence-electron chi connectivity index (χ1n) is 6.07. The predicted molar refractivity (Wildman–Crippen MR) is 79.6 cm³/mol. The molecule has 0 N–H and O–H groups in total. The lowest BCUT2D eigenvalue weighted by Gasteiger charge is -2.12. The van der Waals surface area contributed by atoms with Crippen LogP contribution in [0.5, 0.6) is 0 Å². The molecule has 0 aromatic heterocycles. The van der Waals surface area contributed by atoms with Crippen molar-refractivity contribution < 1.29 is 4.79 Å². The Kier molecular flexibility index (Phi) is 3.13. The Morgan fingerprint density at radius 2 is 1.74 bits per heavy atom. The molecule has 2 nitrogen and oxygen atoms in total. The highest BCUT2D eigenvalue weighted by Crippen LogP contribution is 2.44. The molecule has 0 spiro atoms. The number of benzene rings is 2. The maximum absolute atomic E-state index is 12.2. The van der Waals surface area contributed by atoms with Crippen LogP contribution in [0.25, 0.3) is 0 Å². The van der Waals surface area contributed by atoms with Crippen LogP contribution in [-0.4, -0.2) is 12.8 Å². The van der Waals surface area contributed by atoms with E-state index in [1.165, 1.54) is 4.90 Å². The lowest BCUT2D eigenvalue weighted by Crippen LogP contribution is -2.11. The summed E-state index contributed by atoms with van der Waals surface area (Å²) >= 11 is 1.63. The summed E-state index contributed by atoms with van der Waals surface area (Å²) in [7, 11) is 1.99. The molecule has 0 fully saturated rings. The molecule has 1 aliphatic heterocycles. The van der Waals surface area contributed by atoms with E-state index in [0.29, 0.717) is 0 Å². The molecule has 1 aliphatic rings. The number of thioether (sulfide) groups is 1. The van der Waals surface area contributed by atoms with Crippen LogP contribution in [0, 0.1) is 0 Å². The van der Waals surface area contributed by atoms with E-state index < -0.39 is 0 Å². The van der Waals surface area contributed by atoms with Gasteiger partial charge in [0, 0.05) is 23.6 Å². The molecule has 0 saturated carbocycles. The van der Waals surface area contributed by atoms with Gasteiger partial charge < -0.3 is 4.90 Å². The number of nitrogens with zero attached hydrogens (tertiary/aromatic N) is 1. The molecule has 2 aromatic carbocycles. The van der Waals surface area contributed by atoms with E-state index in [0.717, 1.165) is 16.3 Å². The number of allylic oxidation sites excluding steroid dienone is 1. The maximum atomic E-state index is 12.2. The zero-order valence-corrected chi connectivity index (χ0v) is 11.4. The number of ketones is 1. The summed E-state index contributed by atoms with van der Waals surface area (Å²) in [6.45, 7) is 0. The van der Waals surface area contributed by atoms with Crippen molar-refractivity contribution in [2.24, 2.45) is 0 Å². The Labute approximate surface area is 116 Å². The molecule has 94 valence electrons. The van der Waals surface area contributed by atoms with Gasteiger partial charge in [-0.05, 0) is 12.1 Å². The van der Waals surface area contributed by atoms with E-state index in [-0.39, 0.29) is 5.78 Å². The van der Waals surface area contributed by atoms with Gasteiger partial charge in [-0.3, -0.25) is 4.79 Å². The highest BCUT2D eigenvalue weighted by atomic mass is 32.2. The Bertz CT molecular complexity index is 649. The van der Waals surface area contributed by atoms with Gasteiger partial charge in [0.15, 0.2) is 5.78 Å². The molecule has 3 heteroatoms. The molecule has 2 aromatic rings. The Morgan fingerprint density at radius 1 is 1.05 bits per heavy atom. The van der Waals surface area contributed by atoms with E-state index in [2.05, 4.69) is 17.0 Å². The van der Waals surface area contributed by atoms with Crippen LogP contribution >= 0.6 is 11.8 Å². The summed E-state index contributed by atoms with van der Waals surface area (Å²) in [4.78, 5) is 15.4. The van der Waals surface area contributed by atoms with Gasteiger partial charge in [0.1, 0.15) is 0 Å². The first kappa shape index (κ1) is 12.1. The van der Waals surface area contributed by atoms with Crippen LogP contribution in [0.4, 0.5) is 5.69 Å². The fourth-order valence-electron chi connectivity index (χ4n) is 2.04. The topological polar surface area (TPSA) is 20.3 Å². The summed E-state index contributed by atoms with van der Waals surface area (Å²) in [5.74, 6) is 0.0442. The summed E-state index contributed by atoms with van der Waals surface area (Å²) in [6.07, 6.45) is 1.71. The van der Waals surface area contributed by atoms with Crippen molar-refractivity contribution in [3.05, 3.63) is 71.3 Å². The molecule has 1 heterocycles. The molecular weight excluding hydrogens is 254 g/mol.